The van der Waals surface area contributed by atoms with Crippen LogP contribution in [0.25, 0.3) is 0 Å². The molecule has 2 aromatic rings. The maximum absolute atomic E-state index is 5.80. The highest BCUT2D eigenvalue weighted by molar-refractivity contribution is 5.49. The van der Waals surface area contributed by atoms with E-state index in [1.807, 2.05) is 44.4 Å². The Bertz CT molecular complexity index is 555. The third-order valence-electron chi connectivity index (χ3n) is 2.92. The van der Waals surface area contributed by atoms with Gasteiger partial charge in [-0.05, 0) is 31.2 Å². The molecule has 20 heavy (non-hydrogen) atoms. The van der Waals surface area contributed by atoms with Crippen LogP contribution in [-0.4, -0.2) is 25.6 Å². The van der Waals surface area contributed by atoms with Gasteiger partial charge in [-0.15, -0.1) is 0 Å². The van der Waals surface area contributed by atoms with Gasteiger partial charge in [-0.3, -0.25) is 4.98 Å². The number of benzene rings is 1. The summed E-state index contributed by atoms with van der Waals surface area (Å²) in [6.45, 7) is 3.44. The molecule has 0 spiro atoms. The van der Waals surface area contributed by atoms with Crippen LogP contribution in [0.1, 0.15) is 12.6 Å². The molecule has 0 aliphatic rings. The highest BCUT2D eigenvalue weighted by Gasteiger charge is 2.01. The quantitative estimate of drug-likeness (QED) is 0.875. The highest BCUT2D eigenvalue weighted by atomic mass is 16.5. The Balaban J connectivity index is 2.01. The molecule has 2 rings (SSSR count). The first-order valence-corrected chi connectivity index (χ1v) is 6.78. The molecule has 0 saturated carbocycles. The SMILES string of the molecule is CCNc1ccnc(COc2cccc(N(C)C)c2)c1. The van der Waals surface area contributed by atoms with E-state index in [0.717, 1.165) is 29.4 Å². The van der Waals surface area contributed by atoms with Gasteiger partial charge in [0.15, 0.2) is 0 Å². The lowest BCUT2D eigenvalue weighted by Crippen LogP contribution is -2.08. The number of hydrogen-bond donors (Lipinski definition) is 1. The van der Waals surface area contributed by atoms with Crippen molar-refractivity contribution in [2.24, 2.45) is 0 Å². The van der Waals surface area contributed by atoms with Crippen LogP contribution in [0.2, 0.25) is 0 Å². The summed E-state index contributed by atoms with van der Waals surface area (Å²) in [5.41, 5.74) is 3.11. The van der Waals surface area contributed by atoms with E-state index in [-0.39, 0.29) is 0 Å². The molecule has 0 fully saturated rings. The van der Waals surface area contributed by atoms with Crippen LogP contribution < -0.4 is 15.0 Å². The first kappa shape index (κ1) is 14.2. The topological polar surface area (TPSA) is 37.4 Å². The zero-order valence-corrected chi connectivity index (χ0v) is 12.3. The highest BCUT2D eigenvalue weighted by Crippen LogP contribution is 2.20. The van der Waals surface area contributed by atoms with Crippen molar-refractivity contribution in [2.45, 2.75) is 13.5 Å². The van der Waals surface area contributed by atoms with Gasteiger partial charge in [0.05, 0.1) is 5.69 Å². The fourth-order valence-electron chi connectivity index (χ4n) is 1.88. The van der Waals surface area contributed by atoms with Crippen LogP contribution in [0.15, 0.2) is 42.6 Å². The molecule has 0 saturated heterocycles. The van der Waals surface area contributed by atoms with E-state index in [2.05, 4.69) is 28.2 Å². The Hall–Kier alpha value is -2.23. The summed E-state index contributed by atoms with van der Waals surface area (Å²) >= 11 is 0. The predicted molar refractivity (Wildman–Crippen MR) is 83.5 cm³/mol. The molecule has 4 nitrogen and oxygen atoms in total. The monoisotopic (exact) mass is 271 g/mol. The molecular formula is C16H21N3O. The number of nitrogens with one attached hydrogen (secondary N) is 1. The van der Waals surface area contributed by atoms with Gasteiger partial charge in [0.2, 0.25) is 0 Å². The van der Waals surface area contributed by atoms with Gasteiger partial charge in [0, 0.05) is 44.3 Å². The summed E-state index contributed by atoms with van der Waals surface area (Å²) < 4.78 is 5.80. The minimum Gasteiger partial charge on any atom is -0.487 e. The number of ether oxygens (including phenoxy) is 1. The van der Waals surface area contributed by atoms with E-state index in [0.29, 0.717) is 6.61 Å². The lowest BCUT2D eigenvalue weighted by molar-refractivity contribution is 0.301. The molecule has 0 radical (unpaired) electrons. The summed E-state index contributed by atoms with van der Waals surface area (Å²) in [6, 6.07) is 12.0. The summed E-state index contributed by atoms with van der Waals surface area (Å²) in [4.78, 5) is 6.37. The Morgan fingerprint density at radius 1 is 1.20 bits per heavy atom. The lowest BCUT2D eigenvalue weighted by atomic mass is 10.3. The van der Waals surface area contributed by atoms with Crippen LogP contribution >= 0.6 is 0 Å². The summed E-state index contributed by atoms with van der Waals surface area (Å²) in [5.74, 6) is 0.854. The van der Waals surface area contributed by atoms with Crippen LogP contribution in [0, 0.1) is 0 Å². The smallest absolute Gasteiger partial charge is 0.130 e. The van der Waals surface area contributed by atoms with E-state index >= 15 is 0 Å². The standard InChI is InChI=1S/C16H21N3O/c1-4-17-13-8-9-18-14(10-13)12-20-16-7-5-6-15(11-16)19(2)3/h5-11H,4,12H2,1-3H3,(H,17,18). The Kier molecular flexibility index (Phi) is 4.82. The van der Waals surface area contributed by atoms with E-state index in [4.69, 9.17) is 4.74 Å². The Morgan fingerprint density at radius 2 is 2.05 bits per heavy atom. The number of nitrogens with zero attached hydrogens (tertiary/aromatic N) is 2. The van der Waals surface area contributed by atoms with Crippen LogP contribution in [0.5, 0.6) is 5.75 Å². The molecule has 1 aromatic heterocycles. The molecule has 1 N–H and O–H groups in total. The third-order valence-corrected chi connectivity index (χ3v) is 2.92. The molecular weight excluding hydrogens is 250 g/mol. The van der Waals surface area contributed by atoms with Crippen molar-refractivity contribution in [3.05, 3.63) is 48.3 Å². The van der Waals surface area contributed by atoms with Gasteiger partial charge in [0.25, 0.3) is 0 Å². The minimum absolute atomic E-state index is 0.468. The number of hydrogen-bond acceptors (Lipinski definition) is 4. The fourth-order valence-corrected chi connectivity index (χ4v) is 1.88. The van der Waals surface area contributed by atoms with E-state index in [9.17, 15) is 0 Å². The van der Waals surface area contributed by atoms with Gasteiger partial charge >= 0.3 is 0 Å². The maximum atomic E-state index is 5.80. The van der Waals surface area contributed by atoms with E-state index in [1.54, 1.807) is 6.20 Å². The lowest BCUT2D eigenvalue weighted by Gasteiger charge is -2.14. The number of rotatable bonds is 6. The van der Waals surface area contributed by atoms with Crippen molar-refractivity contribution in [3.8, 4) is 5.75 Å². The van der Waals surface area contributed by atoms with Crippen molar-refractivity contribution < 1.29 is 4.74 Å². The minimum atomic E-state index is 0.468. The van der Waals surface area contributed by atoms with Crippen molar-refractivity contribution in [1.82, 2.24) is 4.98 Å². The fraction of sp³-hybridized carbons (Fsp3) is 0.312. The van der Waals surface area contributed by atoms with Crippen molar-refractivity contribution in [1.29, 1.82) is 0 Å². The van der Waals surface area contributed by atoms with Gasteiger partial charge in [-0.1, -0.05) is 6.07 Å². The second-order valence-electron chi connectivity index (χ2n) is 4.75. The molecule has 0 amide bonds. The van der Waals surface area contributed by atoms with E-state index < -0.39 is 0 Å². The predicted octanol–water partition coefficient (Wildman–Crippen LogP) is 3.16. The van der Waals surface area contributed by atoms with Gasteiger partial charge < -0.3 is 15.0 Å². The number of anilines is 2. The number of pyridine rings is 1. The number of aromatic nitrogens is 1. The molecule has 0 bridgehead atoms. The van der Waals surface area contributed by atoms with Crippen molar-refractivity contribution in [3.63, 3.8) is 0 Å². The van der Waals surface area contributed by atoms with Gasteiger partial charge in [-0.25, -0.2) is 0 Å². The first-order chi connectivity index (χ1) is 9.69. The molecule has 1 aromatic carbocycles. The zero-order valence-electron chi connectivity index (χ0n) is 12.3. The molecule has 0 aliphatic heterocycles. The van der Waals surface area contributed by atoms with Crippen molar-refractivity contribution >= 4 is 11.4 Å². The molecule has 106 valence electrons. The summed E-state index contributed by atoms with van der Waals surface area (Å²) in [6.07, 6.45) is 1.80. The first-order valence-electron chi connectivity index (χ1n) is 6.78. The van der Waals surface area contributed by atoms with Crippen LogP contribution in [0.3, 0.4) is 0 Å². The molecule has 0 unspecified atom stereocenters. The van der Waals surface area contributed by atoms with Crippen LogP contribution in [-0.2, 0) is 6.61 Å². The second-order valence-corrected chi connectivity index (χ2v) is 4.75. The molecule has 4 heteroatoms. The summed E-state index contributed by atoms with van der Waals surface area (Å²) in [7, 11) is 4.03. The summed E-state index contributed by atoms with van der Waals surface area (Å²) in [5, 5.41) is 3.27. The second kappa shape index (κ2) is 6.80. The van der Waals surface area contributed by atoms with Gasteiger partial charge in [0.1, 0.15) is 12.4 Å². The average molecular weight is 271 g/mol. The van der Waals surface area contributed by atoms with Crippen LogP contribution in [0.4, 0.5) is 11.4 Å². The molecule has 0 aliphatic carbocycles. The Labute approximate surface area is 120 Å². The third kappa shape index (κ3) is 3.88. The van der Waals surface area contributed by atoms with E-state index in [1.165, 1.54) is 0 Å². The maximum Gasteiger partial charge on any atom is 0.130 e. The average Bonchev–Trinajstić information content (AvgIpc) is 2.46. The Morgan fingerprint density at radius 3 is 2.80 bits per heavy atom. The molecule has 1 heterocycles. The molecule has 0 atom stereocenters. The zero-order chi connectivity index (χ0) is 14.4. The largest absolute Gasteiger partial charge is 0.487 e. The normalized spacial score (nSPS) is 10.2. The van der Waals surface area contributed by atoms with Crippen molar-refractivity contribution in [2.75, 3.05) is 30.9 Å². The van der Waals surface area contributed by atoms with Gasteiger partial charge in [-0.2, -0.15) is 0 Å².